The highest BCUT2D eigenvalue weighted by Gasteiger charge is 2.23. The Morgan fingerprint density at radius 1 is 1.12 bits per heavy atom. The topological polar surface area (TPSA) is 4.93 Å². The van der Waals surface area contributed by atoms with Crippen molar-refractivity contribution >= 4 is 10.9 Å². The third-order valence-electron chi connectivity index (χ3n) is 2.85. The fraction of sp³-hybridized carbons (Fsp3) is 0.385. The zero-order chi connectivity index (χ0) is 12.1. The van der Waals surface area contributed by atoms with Crippen LogP contribution in [-0.2, 0) is 12.5 Å². The van der Waals surface area contributed by atoms with Crippen LogP contribution < -0.4 is 0 Å². The molecule has 86 valence electrons. The zero-order valence-electron chi connectivity index (χ0n) is 9.94. The second kappa shape index (κ2) is 3.30. The van der Waals surface area contributed by atoms with E-state index in [2.05, 4.69) is 0 Å². The van der Waals surface area contributed by atoms with Gasteiger partial charge in [-0.3, -0.25) is 0 Å². The van der Waals surface area contributed by atoms with Crippen LogP contribution in [0.15, 0.2) is 18.3 Å². The Balaban J connectivity index is 2.92. The molecule has 0 unspecified atom stereocenters. The van der Waals surface area contributed by atoms with Crippen molar-refractivity contribution in [1.82, 2.24) is 4.57 Å². The normalized spacial score (nSPS) is 12.4. The molecule has 1 aromatic heterocycles. The van der Waals surface area contributed by atoms with Crippen LogP contribution in [0.25, 0.3) is 10.9 Å². The first-order chi connectivity index (χ1) is 7.32. The van der Waals surface area contributed by atoms with Gasteiger partial charge in [0.2, 0.25) is 0 Å². The Bertz CT molecular complexity index is 547. The second-order valence-electron chi connectivity index (χ2n) is 5.16. The zero-order valence-corrected chi connectivity index (χ0v) is 9.94. The van der Waals surface area contributed by atoms with Crippen LogP contribution in [0.1, 0.15) is 26.3 Å². The molecule has 0 bridgehead atoms. The summed E-state index contributed by atoms with van der Waals surface area (Å²) in [6, 6.07) is 2.78. The first-order valence-corrected chi connectivity index (χ1v) is 5.26. The molecule has 0 spiro atoms. The highest BCUT2D eigenvalue weighted by molar-refractivity contribution is 5.85. The summed E-state index contributed by atoms with van der Waals surface area (Å²) in [6.07, 6.45) is 1.87. The van der Waals surface area contributed by atoms with Crippen molar-refractivity contribution in [2.24, 2.45) is 7.05 Å². The van der Waals surface area contributed by atoms with Crippen LogP contribution in [0.5, 0.6) is 0 Å². The largest absolute Gasteiger partial charge is 0.350 e. The predicted molar refractivity (Wildman–Crippen MR) is 61.5 cm³/mol. The van der Waals surface area contributed by atoms with E-state index in [0.717, 1.165) is 11.1 Å². The molecule has 0 radical (unpaired) electrons. The molecule has 1 aromatic carbocycles. The van der Waals surface area contributed by atoms with Crippen molar-refractivity contribution < 1.29 is 8.78 Å². The van der Waals surface area contributed by atoms with Crippen LogP contribution in [0.2, 0.25) is 0 Å². The number of fused-ring (bicyclic) bond motifs is 1. The molecule has 2 aromatic rings. The van der Waals surface area contributed by atoms with Gasteiger partial charge in [0.1, 0.15) is 0 Å². The van der Waals surface area contributed by atoms with E-state index >= 15 is 0 Å². The van der Waals surface area contributed by atoms with Gasteiger partial charge < -0.3 is 4.57 Å². The van der Waals surface area contributed by atoms with Gasteiger partial charge in [-0.1, -0.05) is 20.8 Å². The molecule has 0 saturated heterocycles. The molecule has 16 heavy (non-hydrogen) atoms. The maximum absolute atomic E-state index is 13.8. The van der Waals surface area contributed by atoms with Gasteiger partial charge in [0.05, 0.1) is 5.52 Å². The number of benzene rings is 1. The lowest BCUT2D eigenvalue weighted by molar-refractivity contribution is 0.513. The van der Waals surface area contributed by atoms with Crippen LogP contribution in [0.4, 0.5) is 8.78 Å². The third-order valence-corrected chi connectivity index (χ3v) is 2.85. The van der Waals surface area contributed by atoms with Gasteiger partial charge in [-0.05, 0) is 23.1 Å². The molecule has 0 aliphatic rings. The minimum Gasteiger partial charge on any atom is -0.350 e. The number of aryl methyl sites for hydroxylation is 1. The van der Waals surface area contributed by atoms with E-state index in [1.54, 1.807) is 6.07 Å². The van der Waals surface area contributed by atoms with Crippen molar-refractivity contribution in [3.8, 4) is 0 Å². The fourth-order valence-corrected chi connectivity index (χ4v) is 1.99. The number of hydrogen-bond donors (Lipinski definition) is 0. The number of halogens is 2. The molecule has 2 rings (SSSR count). The Kier molecular flexibility index (Phi) is 2.30. The molecule has 0 N–H and O–H groups in total. The van der Waals surface area contributed by atoms with Crippen molar-refractivity contribution in [2.45, 2.75) is 26.2 Å². The third kappa shape index (κ3) is 1.51. The Morgan fingerprint density at radius 3 is 2.31 bits per heavy atom. The Morgan fingerprint density at radius 2 is 1.75 bits per heavy atom. The van der Waals surface area contributed by atoms with Gasteiger partial charge in [0.15, 0.2) is 11.6 Å². The van der Waals surface area contributed by atoms with Crippen LogP contribution in [-0.4, -0.2) is 4.57 Å². The number of aromatic nitrogens is 1. The van der Waals surface area contributed by atoms with E-state index < -0.39 is 11.6 Å². The lowest BCUT2D eigenvalue weighted by Gasteiger charge is -2.17. The van der Waals surface area contributed by atoms with E-state index in [1.807, 2.05) is 38.6 Å². The summed E-state index contributed by atoms with van der Waals surface area (Å²) < 4.78 is 28.9. The molecule has 0 aliphatic carbocycles. The van der Waals surface area contributed by atoms with Gasteiger partial charge in [-0.25, -0.2) is 8.78 Å². The SMILES string of the molecule is Cn1cc(C(C)(C)C)c2c(F)c(F)ccc21. The van der Waals surface area contributed by atoms with Gasteiger partial charge in [-0.2, -0.15) is 0 Å². The van der Waals surface area contributed by atoms with E-state index in [-0.39, 0.29) is 5.41 Å². The summed E-state index contributed by atoms with van der Waals surface area (Å²) in [7, 11) is 1.84. The standard InChI is InChI=1S/C13H15F2N/c1-13(2,3)8-7-16(4)10-6-5-9(14)12(15)11(8)10/h5-7H,1-4H3. The van der Waals surface area contributed by atoms with Gasteiger partial charge in [-0.15, -0.1) is 0 Å². The molecular formula is C13H15F2N. The summed E-state index contributed by atoms with van der Waals surface area (Å²) in [4.78, 5) is 0. The van der Waals surface area contributed by atoms with Crippen LogP contribution >= 0.6 is 0 Å². The van der Waals surface area contributed by atoms with E-state index in [1.165, 1.54) is 6.07 Å². The van der Waals surface area contributed by atoms with Crippen LogP contribution in [0, 0.1) is 11.6 Å². The molecule has 0 aliphatic heterocycles. The van der Waals surface area contributed by atoms with E-state index in [4.69, 9.17) is 0 Å². The highest BCUT2D eigenvalue weighted by Crippen LogP contribution is 2.33. The minimum atomic E-state index is -0.788. The van der Waals surface area contributed by atoms with E-state index in [9.17, 15) is 8.78 Å². The molecule has 0 atom stereocenters. The number of nitrogens with zero attached hydrogens (tertiary/aromatic N) is 1. The van der Waals surface area contributed by atoms with Crippen LogP contribution in [0.3, 0.4) is 0 Å². The smallest absolute Gasteiger partial charge is 0.168 e. The average Bonchev–Trinajstić information content (AvgIpc) is 2.50. The number of rotatable bonds is 0. The fourth-order valence-electron chi connectivity index (χ4n) is 1.99. The lowest BCUT2D eigenvalue weighted by Crippen LogP contribution is -2.10. The summed E-state index contributed by atoms with van der Waals surface area (Å²) in [5.74, 6) is -1.53. The predicted octanol–water partition coefficient (Wildman–Crippen LogP) is 3.75. The van der Waals surface area contributed by atoms with E-state index in [0.29, 0.717) is 5.39 Å². The molecule has 1 nitrogen and oxygen atoms in total. The number of hydrogen-bond acceptors (Lipinski definition) is 0. The molecule has 0 saturated carbocycles. The first-order valence-electron chi connectivity index (χ1n) is 5.26. The monoisotopic (exact) mass is 223 g/mol. The average molecular weight is 223 g/mol. The molecule has 0 amide bonds. The Hall–Kier alpha value is -1.38. The lowest BCUT2D eigenvalue weighted by atomic mass is 9.87. The first kappa shape index (κ1) is 11.1. The maximum atomic E-state index is 13.8. The Labute approximate surface area is 93.7 Å². The van der Waals surface area contributed by atoms with Gasteiger partial charge >= 0.3 is 0 Å². The van der Waals surface area contributed by atoms with Crippen molar-refractivity contribution in [3.05, 3.63) is 35.5 Å². The van der Waals surface area contributed by atoms with Gasteiger partial charge in [0, 0.05) is 18.6 Å². The van der Waals surface area contributed by atoms with Crippen molar-refractivity contribution in [2.75, 3.05) is 0 Å². The molecule has 0 fully saturated rings. The summed E-state index contributed by atoms with van der Waals surface area (Å²) in [6.45, 7) is 5.98. The quantitative estimate of drug-likeness (QED) is 0.641. The van der Waals surface area contributed by atoms with Gasteiger partial charge in [0.25, 0.3) is 0 Å². The highest BCUT2D eigenvalue weighted by atomic mass is 19.2. The van der Waals surface area contributed by atoms with Crippen molar-refractivity contribution in [1.29, 1.82) is 0 Å². The summed E-state index contributed by atoms with van der Waals surface area (Å²) in [5, 5.41) is 0.398. The molecular weight excluding hydrogens is 208 g/mol. The second-order valence-corrected chi connectivity index (χ2v) is 5.16. The summed E-state index contributed by atoms with van der Waals surface area (Å²) >= 11 is 0. The maximum Gasteiger partial charge on any atom is 0.168 e. The molecule has 1 heterocycles. The molecule has 3 heteroatoms. The summed E-state index contributed by atoms with van der Waals surface area (Å²) in [5.41, 5.74) is 1.36. The minimum absolute atomic E-state index is 0.200. The van der Waals surface area contributed by atoms with Crippen molar-refractivity contribution in [3.63, 3.8) is 0 Å².